The van der Waals surface area contributed by atoms with Crippen molar-refractivity contribution in [3.63, 3.8) is 0 Å². The van der Waals surface area contributed by atoms with Crippen molar-refractivity contribution in [3.05, 3.63) is 67.0 Å². The molecule has 0 atom stereocenters. The monoisotopic (exact) mass is 244 g/mol. The molecule has 0 aliphatic heterocycles. The number of para-hydroxylation sites is 1. The Morgan fingerprint density at radius 2 is 1.95 bits per heavy atom. The van der Waals surface area contributed by atoms with Gasteiger partial charge in [-0.1, -0.05) is 30.3 Å². The van der Waals surface area contributed by atoms with Crippen molar-refractivity contribution in [2.24, 2.45) is 0 Å². The molecule has 2 aromatic carbocycles. The average Bonchev–Trinajstić information content (AvgIpc) is 2.87. The molecule has 1 radical (unpaired) electrons. The van der Waals surface area contributed by atoms with Crippen LogP contribution in [0.25, 0.3) is 33.1 Å². The largest absolute Gasteiger partial charge is 0.455 e. The molecule has 0 spiro atoms. The fourth-order valence-corrected chi connectivity index (χ4v) is 2.41. The second kappa shape index (κ2) is 3.95. The lowest BCUT2D eigenvalue weighted by Crippen LogP contribution is -1.79. The third kappa shape index (κ3) is 1.54. The summed E-state index contributed by atoms with van der Waals surface area (Å²) in [6.45, 7) is 0. The zero-order valence-electron chi connectivity index (χ0n) is 10.1. The second-order valence-corrected chi connectivity index (χ2v) is 4.44. The van der Waals surface area contributed by atoms with E-state index in [1.54, 1.807) is 6.20 Å². The highest BCUT2D eigenvalue weighted by atomic mass is 16.3. The highest BCUT2D eigenvalue weighted by molar-refractivity contribution is 6.09. The Kier molecular flexibility index (Phi) is 2.15. The number of benzene rings is 2. The SMILES string of the molecule is [c]1ccc(-c2cccnc2)c2oc3ccccc3c12. The molecular formula is C17H10NO. The van der Waals surface area contributed by atoms with Crippen molar-refractivity contribution in [2.45, 2.75) is 0 Å². The van der Waals surface area contributed by atoms with Gasteiger partial charge in [0.1, 0.15) is 11.2 Å². The first-order chi connectivity index (χ1) is 9.43. The molecule has 19 heavy (non-hydrogen) atoms. The van der Waals surface area contributed by atoms with Crippen LogP contribution in [0.15, 0.2) is 65.3 Å². The van der Waals surface area contributed by atoms with Gasteiger partial charge in [-0.3, -0.25) is 4.98 Å². The van der Waals surface area contributed by atoms with E-state index in [2.05, 4.69) is 17.1 Å². The first-order valence-corrected chi connectivity index (χ1v) is 6.16. The highest BCUT2D eigenvalue weighted by Gasteiger charge is 2.11. The molecule has 0 saturated carbocycles. The lowest BCUT2D eigenvalue weighted by Gasteiger charge is -2.00. The Labute approximate surface area is 110 Å². The number of aromatic nitrogens is 1. The van der Waals surface area contributed by atoms with Crippen molar-refractivity contribution in [3.8, 4) is 11.1 Å². The van der Waals surface area contributed by atoms with Gasteiger partial charge in [-0.15, -0.1) is 0 Å². The minimum Gasteiger partial charge on any atom is -0.455 e. The molecule has 4 aromatic rings. The number of rotatable bonds is 1. The van der Waals surface area contributed by atoms with Gasteiger partial charge in [0.25, 0.3) is 0 Å². The molecule has 2 heterocycles. The van der Waals surface area contributed by atoms with E-state index < -0.39 is 0 Å². The van der Waals surface area contributed by atoms with Gasteiger partial charge in [-0.25, -0.2) is 0 Å². The summed E-state index contributed by atoms with van der Waals surface area (Å²) in [5, 5.41) is 2.13. The number of hydrogen-bond donors (Lipinski definition) is 0. The van der Waals surface area contributed by atoms with E-state index in [1.807, 2.05) is 48.7 Å². The van der Waals surface area contributed by atoms with Crippen LogP contribution in [-0.2, 0) is 0 Å². The normalized spacial score (nSPS) is 11.2. The Hall–Kier alpha value is -2.61. The summed E-state index contributed by atoms with van der Waals surface area (Å²) in [6.07, 6.45) is 3.62. The topological polar surface area (TPSA) is 26.0 Å². The van der Waals surface area contributed by atoms with Crippen LogP contribution in [0.4, 0.5) is 0 Å². The van der Waals surface area contributed by atoms with E-state index in [0.29, 0.717) is 0 Å². The molecule has 2 heteroatoms. The first kappa shape index (κ1) is 10.3. The molecule has 0 saturated heterocycles. The fraction of sp³-hybridized carbons (Fsp3) is 0. The lowest BCUT2D eigenvalue weighted by molar-refractivity contribution is 0.670. The van der Waals surface area contributed by atoms with Crippen molar-refractivity contribution in [1.82, 2.24) is 4.98 Å². The van der Waals surface area contributed by atoms with Gasteiger partial charge in [0, 0.05) is 34.3 Å². The number of furan rings is 1. The Balaban J connectivity index is 2.13. The second-order valence-electron chi connectivity index (χ2n) is 4.44. The molecule has 0 amide bonds. The third-order valence-electron chi connectivity index (χ3n) is 3.29. The molecule has 0 unspecified atom stereocenters. The molecule has 0 aliphatic rings. The van der Waals surface area contributed by atoms with Crippen LogP contribution in [-0.4, -0.2) is 4.98 Å². The summed E-state index contributed by atoms with van der Waals surface area (Å²) in [5.41, 5.74) is 3.88. The molecule has 0 aliphatic carbocycles. The van der Waals surface area contributed by atoms with E-state index in [4.69, 9.17) is 4.42 Å². The predicted molar refractivity (Wildman–Crippen MR) is 75.8 cm³/mol. The van der Waals surface area contributed by atoms with Gasteiger partial charge in [-0.2, -0.15) is 0 Å². The number of pyridine rings is 1. The van der Waals surface area contributed by atoms with Crippen molar-refractivity contribution in [1.29, 1.82) is 0 Å². The molecule has 4 rings (SSSR count). The van der Waals surface area contributed by atoms with Crippen LogP contribution in [0, 0.1) is 6.07 Å². The Morgan fingerprint density at radius 1 is 1.00 bits per heavy atom. The van der Waals surface area contributed by atoms with Crippen LogP contribution in [0.3, 0.4) is 0 Å². The van der Waals surface area contributed by atoms with Crippen LogP contribution in [0.2, 0.25) is 0 Å². The zero-order valence-corrected chi connectivity index (χ0v) is 10.1. The summed E-state index contributed by atoms with van der Waals surface area (Å²) in [7, 11) is 0. The standard InChI is InChI=1S/C17H10NO/c1-2-9-16-14(6-1)15-8-3-7-13(17(15)19-16)12-5-4-10-18-11-12/h1-7,9-11H. The van der Waals surface area contributed by atoms with Crippen molar-refractivity contribution < 1.29 is 4.42 Å². The maximum absolute atomic E-state index is 5.98. The summed E-state index contributed by atoms with van der Waals surface area (Å²) < 4.78 is 5.98. The lowest BCUT2D eigenvalue weighted by atomic mass is 10.0. The van der Waals surface area contributed by atoms with Crippen molar-refractivity contribution >= 4 is 21.9 Å². The predicted octanol–water partition coefficient (Wildman–Crippen LogP) is 4.45. The quantitative estimate of drug-likeness (QED) is 0.494. The molecule has 2 nitrogen and oxygen atoms in total. The summed E-state index contributed by atoms with van der Waals surface area (Å²) in [5.74, 6) is 0. The van der Waals surface area contributed by atoms with Gasteiger partial charge in [-0.05, 0) is 24.3 Å². The molecule has 89 valence electrons. The Bertz CT molecular complexity index is 862. The smallest absolute Gasteiger partial charge is 0.143 e. The van der Waals surface area contributed by atoms with Crippen LogP contribution < -0.4 is 0 Å². The Morgan fingerprint density at radius 3 is 2.84 bits per heavy atom. The van der Waals surface area contributed by atoms with E-state index in [0.717, 1.165) is 33.1 Å². The number of hydrogen-bond acceptors (Lipinski definition) is 2. The summed E-state index contributed by atoms with van der Waals surface area (Å²) in [4.78, 5) is 4.17. The van der Waals surface area contributed by atoms with Gasteiger partial charge in [0.2, 0.25) is 0 Å². The maximum atomic E-state index is 5.98. The first-order valence-electron chi connectivity index (χ1n) is 6.16. The third-order valence-corrected chi connectivity index (χ3v) is 3.29. The summed E-state index contributed by atoms with van der Waals surface area (Å²) in [6, 6.07) is 19.2. The van der Waals surface area contributed by atoms with E-state index in [9.17, 15) is 0 Å². The minimum absolute atomic E-state index is 0.872. The van der Waals surface area contributed by atoms with Crippen LogP contribution in [0.5, 0.6) is 0 Å². The fourth-order valence-electron chi connectivity index (χ4n) is 2.41. The maximum Gasteiger partial charge on any atom is 0.143 e. The van der Waals surface area contributed by atoms with Gasteiger partial charge in [0.15, 0.2) is 0 Å². The number of fused-ring (bicyclic) bond motifs is 3. The van der Waals surface area contributed by atoms with Gasteiger partial charge in [0.05, 0.1) is 0 Å². The van der Waals surface area contributed by atoms with Crippen LogP contribution >= 0.6 is 0 Å². The summed E-state index contributed by atoms with van der Waals surface area (Å²) >= 11 is 0. The molecule has 0 fully saturated rings. The minimum atomic E-state index is 0.872. The molecular weight excluding hydrogens is 234 g/mol. The zero-order chi connectivity index (χ0) is 12.7. The van der Waals surface area contributed by atoms with Gasteiger partial charge < -0.3 is 4.42 Å². The molecule has 2 aromatic heterocycles. The average molecular weight is 244 g/mol. The highest BCUT2D eigenvalue weighted by Crippen LogP contribution is 2.34. The van der Waals surface area contributed by atoms with Crippen molar-refractivity contribution in [2.75, 3.05) is 0 Å². The van der Waals surface area contributed by atoms with Gasteiger partial charge >= 0.3 is 0 Å². The van der Waals surface area contributed by atoms with Crippen LogP contribution in [0.1, 0.15) is 0 Å². The molecule has 0 bridgehead atoms. The number of nitrogens with zero attached hydrogens (tertiary/aromatic N) is 1. The van der Waals surface area contributed by atoms with E-state index in [-0.39, 0.29) is 0 Å². The van der Waals surface area contributed by atoms with E-state index in [1.165, 1.54) is 0 Å². The van der Waals surface area contributed by atoms with E-state index >= 15 is 0 Å². The molecule has 0 N–H and O–H groups in total.